The highest BCUT2D eigenvalue weighted by atomic mass is 19.4. The van der Waals surface area contributed by atoms with Crippen molar-refractivity contribution in [1.82, 2.24) is 4.90 Å². The van der Waals surface area contributed by atoms with Crippen LogP contribution in [0.15, 0.2) is 48.5 Å². The summed E-state index contributed by atoms with van der Waals surface area (Å²) in [7, 11) is 1.93. The molecule has 0 heterocycles. The lowest BCUT2D eigenvalue weighted by atomic mass is 9.63. The van der Waals surface area contributed by atoms with Crippen molar-refractivity contribution in [1.29, 1.82) is 5.26 Å². The van der Waals surface area contributed by atoms with Gasteiger partial charge in [-0.3, -0.25) is 0 Å². The highest BCUT2D eigenvalue weighted by Gasteiger charge is 2.46. The van der Waals surface area contributed by atoms with E-state index in [1.807, 2.05) is 37.4 Å². The zero-order chi connectivity index (χ0) is 25.7. The first kappa shape index (κ1) is 27.1. The Morgan fingerprint density at radius 3 is 2.09 bits per heavy atom. The minimum Gasteiger partial charge on any atom is -0.302 e. The van der Waals surface area contributed by atoms with Crippen LogP contribution >= 0.6 is 0 Å². The smallest absolute Gasteiger partial charge is 0.302 e. The maximum atomic E-state index is 13.7. The number of halogens is 6. The van der Waals surface area contributed by atoms with E-state index >= 15 is 0 Å². The fraction of sp³-hybridized carbons (Fsp3) is 0.519. The van der Waals surface area contributed by atoms with Crippen LogP contribution in [0, 0.1) is 17.2 Å². The van der Waals surface area contributed by atoms with Gasteiger partial charge in [0.15, 0.2) is 0 Å². The van der Waals surface area contributed by atoms with Gasteiger partial charge in [0.2, 0.25) is 0 Å². The quantitative estimate of drug-likeness (QED) is 0.347. The van der Waals surface area contributed by atoms with Crippen LogP contribution in [0.25, 0.3) is 0 Å². The molecule has 2 aromatic carbocycles. The van der Waals surface area contributed by atoms with Gasteiger partial charge in [0.25, 0.3) is 0 Å². The van der Waals surface area contributed by atoms with Gasteiger partial charge in [0.1, 0.15) is 0 Å². The van der Waals surface area contributed by atoms with E-state index in [9.17, 15) is 31.6 Å². The van der Waals surface area contributed by atoms with E-state index in [0.717, 1.165) is 30.9 Å². The second kappa shape index (κ2) is 11.0. The van der Waals surface area contributed by atoms with Gasteiger partial charge in [-0.1, -0.05) is 55.7 Å². The number of nitriles is 1. The van der Waals surface area contributed by atoms with E-state index in [-0.39, 0.29) is 17.9 Å². The van der Waals surface area contributed by atoms with E-state index in [1.54, 1.807) is 0 Å². The summed E-state index contributed by atoms with van der Waals surface area (Å²) in [4.78, 5) is 2.08. The summed E-state index contributed by atoms with van der Waals surface area (Å²) in [6.45, 7) is 1.29. The molecule has 0 aromatic heterocycles. The summed E-state index contributed by atoms with van der Waals surface area (Å²) < 4.78 is 81.0. The zero-order valence-electron chi connectivity index (χ0n) is 19.7. The monoisotopic (exact) mass is 496 g/mol. The predicted octanol–water partition coefficient (Wildman–Crippen LogP) is 7.98. The third-order valence-electron chi connectivity index (χ3n) is 7.05. The molecule has 8 heteroatoms. The Labute approximate surface area is 202 Å². The first-order valence-electron chi connectivity index (χ1n) is 11.9. The maximum absolute atomic E-state index is 13.7. The van der Waals surface area contributed by atoms with Gasteiger partial charge in [0.05, 0.1) is 22.6 Å². The molecular formula is C27H30F6N2. The Bertz CT molecular complexity index is 1000. The summed E-state index contributed by atoms with van der Waals surface area (Å²) in [5.74, 6) is -0.196. The fourth-order valence-corrected chi connectivity index (χ4v) is 5.30. The average molecular weight is 497 g/mol. The lowest BCUT2D eigenvalue weighted by molar-refractivity contribution is -0.162. The molecule has 1 atom stereocenters. The lowest BCUT2D eigenvalue weighted by Gasteiger charge is -2.39. The molecule has 0 N–H and O–H groups in total. The van der Waals surface area contributed by atoms with Crippen molar-refractivity contribution in [3.8, 4) is 6.07 Å². The van der Waals surface area contributed by atoms with Crippen LogP contribution in [0.5, 0.6) is 0 Å². The number of hydrogen-bond donors (Lipinski definition) is 0. The van der Waals surface area contributed by atoms with Gasteiger partial charge in [-0.25, -0.2) is 0 Å². The maximum Gasteiger partial charge on any atom is 0.417 e. The molecule has 1 aliphatic rings. The molecule has 190 valence electrons. The molecule has 0 saturated heterocycles. The summed E-state index contributed by atoms with van der Waals surface area (Å²) in [6.07, 6.45) is -5.44. The second-order valence-electron chi connectivity index (χ2n) is 9.50. The standard InChI is InChI=1S/C27H30F6N2/c1-35(18-20-9-4-2-5-10-20)16-8-15-25(19-34,21-11-6-3-7-12-21)22-13-14-23(26(28,29)30)24(17-22)27(31,32)33/h2,4-5,9-10,13-14,17,21H,3,6-8,11-12,15-16,18H2,1H3. The van der Waals surface area contributed by atoms with Crippen LogP contribution in [0.2, 0.25) is 0 Å². The van der Waals surface area contributed by atoms with Gasteiger partial charge < -0.3 is 4.90 Å². The van der Waals surface area contributed by atoms with Crippen molar-refractivity contribution in [2.45, 2.75) is 69.3 Å². The molecule has 0 spiro atoms. The first-order valence-corrected chi connectivity index (χ1v) is 11.9. The van der Waals surface area contributed by atoms with E-state index in [0.29, 0.717) is 44.5 Å². The van der Waals surface area contributed by atoms with Gasteiger partial charge in [-0.15, -0.1) is 0 Å². The van der Waals surface area contributed by atoms with Crippen LogP contribution in [0.1, 0.15) is 67.2 Å². The van der Waals surface area contributed by atoms with Gasteiger partial charge in [-0.2, -0.15) is 31.6 Å². The molecule has 0 amide bonds. The zero-order valence-corrected chi connectivity index (χ0v) is 19.7. The summed E-state index contributed by atoms with van der Waals surface area (Å²) >= 11 is 0. The summed E-state index contributed by atoms with van der Waals surface area (Å²) in [5, 5.41) is 10.3. The minimum absolute atomic E-state index is 0.0398. The van der Waals surface area contributed by atoms with Crippen molar-refractivity contribution < 1.29 is 26.3 Å². The number of alkyl halides is 6. The van der Waals surface area contributed by atoms with Crippen molar-refractivity contribution >= 4 is 0 Å². The number of benzene rings is 2. The summed E-state index contributed by atoms with van der Waals surface area (Å²) in [6, 6.07) is 14.3. The topological polar surface area (TPSA) is 27.0 Å². The number of rotatable bonds is 8. The largest absolute Gasteiger partial charge is 0.417 e. The molecule has 0 radical (unpaired) electrons. The Balaban J connectivity index is 1.91. The van der Waals surface area contributed by atoms with Crippen LogP contribution < -0.4 is 0 Å². The van der Waals surface area contributed by atoms with Crippen molar-refractivity contribution in [2.24, 2.45) is 5.92 Å². The molecule has 2 aromatic rings. The van der Waals surface area contributed by atoms with Crippen LogP contribution in [0.4, 0.5) is 26.3 Å². The Morgan fingerprint density at radius 1 is 0.886 bits per heavy atom. The van der Waals surface area contributed by atoms with Crippen molar-refractivity contribution in [3.05, 3.63) is 70.8 Å². The second-order valence-corrected chi connectivity index (χ2v) is 9.50. The molecule has 1 saturated carbocycles. The summed E-state index contributed by atoms with van der Waals surface area (Å²) in [5.41, 5.74) is -3.55. The Hall–Kier alpha value is -2.53. The van der Waals surface area contributed by atoms with Gasteiger partial charge >= 0.3 is 12.4 Å². The first-order chi connectivity index (χ1) is 16.5. The van der Waals surface area contributed by atoms with Crippen LogP contribution in [-0.4, -0.2) is 18.5 Å². The van der Waals surface area contributed by atoms with Gasteiger partial charge in [-0.05, 0) is 68.5 Å². The number of hydrogen-bond acceptors (Lipinski definition) is 2. The molecule has 1 fully saturated rings. The van der Waals surface area contributed by atoms with Crippen LogP contribution in [-0.2, 0) is 24.3 Å². The third-order valence-corrected chi connectivity index (χ3v) is 7.05. The number of nitrogens with zero attached hydrogens (tertiary/aromatic N) is 2. The molecule has 0 aliphatic heterocycles. The van der Waals surface area contributed by atoms with Crippen molar-refractivity contribution in [3.63, 3.8) is 0 Å². The third kappa shape index (κ3) is 6.58. The molecule has 0 bridgehead atoms. The molecule has 1 aliphatic carbocycles. The van der Waals surface area contributed by atoms with Crippen LogP contribution in [0.3, 0.4) is 0 Å². The van der Waals surface area contributed by atoms with E-state index in [2.05, 4.69) is 11.0 Å². The molecular weight excluding hydrogens is 466 g/mol. The molecule has 35 heavy (non-hydrogen) atoms. The predicted molar refractivity (Wildman–Crippen MR) is 122 cm³/mol. The van der Waals surface area contributed by atoms with Crippen molar-refractivity contribution in [2.75, 3.05) is 13.6 Å². The normalized spacial score (nSPS) is 17.2. The SMILES string of the molecule is CN(CCCC(C#N)(c1ccc(C(F)(F)F)c(C(F)(F)F)c1)C1CCCCC1)Cc1ccccc1. The van der Waals surface area contributed by atoms with E-state index in [1.165, 1.54) is 0 Å². The average Bonchev–Trinajstić information content (AvgIpc) is 2.82. The fourth-order valence-electron chi connectivity index (χ4n) is 5.30. The minimum atomic E-state index is -5.18. The highest BCUT2D eigenvalue weighted by Crippen LogP contribution is 2.47. The molecule has 3 rings (SSSR count). The Morgan fingerprint density at radius 2 is 1.51 bits per heavy atom. The lowest BCUT2D eigenvalue weighted by Crippen LogP contribution is -2.37. The molecule has 2 nitrogen and oxygen atoms in total. The van der Waals surface area contributed by atoms with E-state index < -0.39 is 28.9 Å². The van der Waals surface area contributed by atoms with Gasteiger partial charge in [0, 0.05) is 6.54 Å². The highest BCUT2D eigenvalue weighted by molar-refractivity contribution is 5.43. The molecule has 1 unspecified atom stereocenters. The van der Waals surface area contributed by atoms with E-state index in [4.69, 9.17) is 0 Å². The Kier molecular flexibility index (Phi) is 8.53.